The molecule has 2 aromatic carbocycles. The van der Waals surface area contributed by atoms with Crippen molar-refractivity contribution in [3.8, 4) is 17.2 Å². The topological polar surface area (TPSA) is 77.2 Å². The van der Waals surface area contributed by atoms with Gasteiger partial charge in [-0.25, -0.2) is 4.98 Å². The van der Waals surface area contributed by atoms with Crippen LogP contribution in [0.1, 0.15) is 15.9 Å². The van der Waals surface area contributed by atoms with Gasteiger partial charge in [-0.2, -0.15) is 4.98 Å². The van der Waals surface area contributed by atoms with Crippen molar-refractivity contribution in [3.63, 3.8) is 0 Å². The lowest BCUT2D eigenvalue weighted by molar-refractivity contribution is 0.102. The van der Waals surface area contributed by atoms with Crippen molar-refractivity contribution < 1.29 is 13.9 Å². The zero-order valence-corrected chi connectivity index (χ0v) is 14.9. The van der Waals surface area contributed by atoms with E-state index in [1.54, 1.807) is 31.5 Å². The van der Waals surface area contributed by atoms with Gasteiger partial charge in [0, 0.05) is 28.6 Å². The molecular formula is C21H17N3O3. The number of pyridine rings is 1. The van der Waals surface area contributed by atoms with Crippen LogP contribution in [0.15, 0.2) is 65.2 Å². The number of methoxy groups -OCH3 is 1. The van der Waals surface area contributed by atoms with Crippen LogP contribution in [0.25, 0.3) is 22.7 Å². The van der Waals surface area contributed by atoms with Gasteiger partial charge in [0.25, 0.3) is 5.91 Å². The number of carbonyl (C=O) groups is 1. The molecule has 134 valence electrons. The van der Waals surface area contributed by atoms with E-state index in [1.165, 1.54) is 0 Å². The molecule has 2 aromatic heterocycles. The van der Waals surface area contributed by atoms with E-state index in [0.29, 0.717) is 34.1 Å². The third kappa shape index (κ3) is 3.25. The molecule has 0 spiro atoms. The molecule has 0 atom stereocenters. The fourth-order valence-electron chi connectivity index (χ4n) is 2.87. The number of oxazole rings is 1. The van der Waals surface area contributed by atoms with Crippen LogP contribution in [-0.2, 0) is 0 Å². The number of carbonyl (C=O) groups excluding carboxylic acids is 1. The van der Waals surface area contributed by atoms with Gasteiger partial charge in [-0.3, -0.25) is 4.79 Å². The highest BCUT2D eigenvalue weighted by atomic mass is 16.5. The molecule has 4 aromatic rings. The zero-order chi connectivity index (χ0) is 18.8. The Hall–Kier alpha value is -3.67. The fourth-order valence-corrected chi connectivity index (χ4v) is 2.87. The molecule has 4 rings (SSSR count). The van der Waals surface area contributed by atoms with Gasteiger partial charge in [-0.05, 0) is 55.5 Å². The first-order valence-corrected chi connectivity index (χ1v) is 8.42. The monoisotopic (exact) mass is 359 g/mol. The average Bonchev–Trinajstić information content (AvgIpc) is 3.13. The van der Waals surface area contributed by atoms with Crippen molar-refractivity contribution in [2.75, 3.05) is 12.4 Å². The molecule has 0 unspecified atom stereocenters. The Morgan fingerprint density at radius 1 is 1.07 bits per heavy atom. The van der Waals surface area contributed by atoms with Crippen LogP contribution in [0.3, 0.4) is 0 Å². The van der Waals surface area contributed by atoms with E-state index in [-0.39, 0.29) is 5.91 Å². The lowest BCUT2D eigenvalue weighted by atomic mass is 10.1. The highest BCUT2D eigenvalue weighted by Gasteiger charge is 2.13. The number of anilines is 1. The van der Waals surface area contributed by atoms with E-state index in [9.17, 15) is 4.79 Å². The van der Waals surface area contributed by atoms with Gasteiger partial charge in [0.05, 0.1) is 7.11 Å². The van der Waals surface area contributed by atoms with Gasteiger partial charge >= 0.3 is 0 Å². The van der Waals surface area contributed by atoms with E-state index in [0.717, 1.165) is 11.1 Å². The maximum Gasteiger partial charge on any atom is 0.256 e. The minimum absolute atomic E-state index is 0.190. The van der Waals surface area contributed by atoms with E-state index < -0.39 is 0 Å². The first kappa shape index (κ1) is 16.8. The second kappa shape index (κ2) is 6.92. The van der Waals surface area contributed by atoms with Crippen LogP contribution >= 0.6 is 0 Å². The molecule has 6 heteroatoms. The number of rotatable bonds is 4. The van der Waals surface area contributed by atoms with Crippen molar-refractivity contribution >= 4 is 22.8 Å². The molecule has 0 bridgehead atoms. The molecule has 0 fully saturated rings. The Labute approximate surface area is 155 Å². The van der Waals surface area contributed by atoms with Crippen LogP contribution in [-0.4, -0.2) is 23.0 Å². The molecular weight excluding hydrogens is 342 g/mol. The minimum atomic E-state index is -0.190. The van der Waals surface area contributed by atoms with Crippen molar-refractivity contribution in [1.29, 1.82) is 0 Å². The molecule has 27 heavy (non-hydrogen) atoms. The summed E-state index contributed by atoms with van der Waals surface area (Å²) >= 11 is 0. The van der Waals surface area contributed by atoms with Crippen molar-refractivity contribution in [2.24, 2.45) is 0 Å². The molecule has 0 aliphatic rings. The summed E-state index contributed by atoms with van der Waals surface area (Å²) in [5, 5.41) is 2.90. The summed E-state index contributed by atoms with van der Waals surface area (Å²) in [5.41, 5.74) is 4.07. The van der Waals surface area contributed by atoms with Crippen LogP contribution in [0, 0.1) is 6.92 Å². The third-order valence-corrected chi connectivity index (χ3v) is 4.30. The maximum atomic E-state index is 12.6. The van der Waals surface area contributed by atoms with Gasteiger partial charge in [-0.1, -0.05) is 6.07 Å². The first-order valence-electron chi connectivity index (χ1n) is 8.42. The second-order valence-corrected chi connectivity index (χ2v) is 6.01. The molecule has 2 heterocycles. The van der Waals surface area contributed by atoms with Gasteiger partial charge < -0.3 is 14.5 Å². The molecule has 1 N–H and O–H groups in total. The summed E-state index contributed by atoms with van der Waals surface area (Å²) in [6.07, 6.45) is 1.67. The third-order valence-electron chi connectivity index (χ3n) is 4.30. The van der Waals surface area contributed by atoms with Crippen LogP contribution < -0.4 is 10.1 Å². The summed E-state index contributed by atoms with van der Waals surface area (Å²) in [6.45, 7) is 1.86. The fraction of sp³-hybridized carbons (Fsp3) is 0.0952. The Morgan fingerprint density at radius 2 is 1.89 bits per heavy atom. The number of hydrogen-bond donors (Lipinski definition) is 1. The van der Waals surface area contributed by atoms with Crippen LogP contribution in [0.2, 0.25) is 0 Å². The number of nitrogens with one attached hydrogen (secondary N) is 1. The van der Waals surface area contributed by atoms with Crippen LogP contribution in [0.5, 0.6) is 5.75 Å². The van der Waals surface area contributed by atoms with Gasteiger partial charge in [0.1, 0.15) is 5.75 Å². The zero-order valence-electron chi connectivity index (χ0n) is 14.9. The molecule has 0 saturated carbocycles. The first-order chi connectivity index (χ1) is 13.2. The number of fused-ring (bicyclic) bond motifs is 1. The Bertz CT molecular complexity index is 1080. The number of hydrogen-bond acceptors (Lipinski definition) is 5. The summed E-state index contributed by atoms with van der Waals surface area (Å²) in [4.78, 5) is 21.1. The normalized spacial score (nSPS) is 10.7. The molecule has 1 amide bonds. The number of ether oxygens (including phenoxy) is 1. The van der Waals surface area contributed by atoms with E-state index >= 15 is 0 Å². The smallest absolute Gasteiger partial charge is 0.256 e. The number of aromatic nitrogens is 2. The lowest BCUT2D eigenvalue weighted by Crippen LogP contribution is -2.13. The van der Waals surface area contributed by atoms with Crippen molar-refractivity contribution in [1.82, 2.24) is 9.97 Å². The maximum absolute atomic E-state index is 12.6. The van der Waals surface area contributed by atoms with E-state index in [4.69, 9.17) is 9.15 Å². The summed E-state index contributed by atoms with van der Waals surface area (Å²) in [7, 11) is 1.59. The summed E-state index contributed by atoms with van der Waals surface area (Å²) in [5.74, 6) is 0.984. The van der Waals surface area contributed by atoms with Gasteiger partial charge in [0.15, 0.2) is 11.2 Å². The molecule has 0 aliphatic heterocycles. The second-order valence-electron chi connectivity index (χ2n) is 6.01. The minimum Gasteiger partial charge on any atom is -0.496 e. The molecule has 0 radical (unpaired) electrons. The SMILES string of the molecule is COc1cccc(C(=O)Nc2ccc(-c3nc4ncccc4o3)cc2)c1C. The van der Waals surface area contributed by atoms with Gasteiger partial charge in [-0.15, -0.1) is 0 Å². The number of nitrogens with zero attached hydrogens (tertiary/aromatic N) is 2. The quantitative estimate of drug-likeness (QED) is 0.582. The highest BCUT2D eigenvalue weighted by molar-refractivity contribution is 6.05. The van der Waals surface area contributed by atoms with E-state index in [2.05, 4.69) is 15.3 Å². The van der Waals surface area contributed by atoms with Crippen LogP contribution in [0.4, 0.5) is 5.69 Å². The highest BCUT2D eigenvalue weighted by Crippen LogP contribution is 2.25. The Kier molecular flexibility index (Phi) is 4.30. The number of amides is 1. The molecule has 0 aliphatic carbocycles. The summed E-state index contributed by atoms with van der Waals surface area (Å²) in [6, 6.07) is 16.3. The number of benzene rings is 2. The standard InChI is InChI=1S/C21H17N3O3/c1-13-16(5-3-6-17(13)26-2)20(25)23-15-10-8-14(9-11-15)21-24-19-18(27-21)7-4-12-22-19/h3-12H,1-2H3,(H,23,25). The van der Waals surface area contributed by atoms with Crippen molar-refractivity contribution in [3.05, 3.63) is 71.9 Å². The predicted molar refractivity (Wildman–Crippen MR) is 103 cm³/mol. The average molecular weight is 359 g/mol. The Morgan fingerprint density at radius 3 is 2.63 bits per heavy atom. The Balaban J connectivity index is 1.55. The van der Waals surface area contributed by atoms with Crippen molar-refractivity contribution in [2.45, 2.75) is 6.92 Å². The largest absolute Gasteiger partial charge is 0.496 e. The van der Waals surface area contributed by atoms with Gasteiger partial charge in [0.2, 0.25) is 5.89 Å². The lowest BCUT2D eigenvalue weighted by Gasteiger charge is -2.11. The summed E-state index contributed by atoms with van der Waals surface area (Å²) < 4.78 is 11.0. The molecule has 0 saturated heterocycles. The van der Waals surface area contributed by atoms with E-state index in [1.807, 2.05) is 43.3 Å². The predicted octanol–water partition coefficient (Wildman–Crippen LogP) is 4.46. The molecule has 6 nitrogen and oxygen atoms in total.